The third-order valence-electron chi connectivity index (χ3n) is 2.36. The molecular formula is C18H22N2. The summed E-state index contributed by atoms with van der Waals surface area (Å²) in [5.74, 6) is 0. The molecule has 2 nitrogen and oxygen atoms in total. The summed E-state index contributed by atoms with van der Waals surface area (Å²) in [6.07, 6.45) is 0. The predicted octanol–water partition coefficient (Wildman–Crippen LogP) is 3.02. The Balaban J connectivity index is 2.76. The van der Waals surface area contributed by atoms with Gasteiger partial charge in [-0.05, 0) is 18.2 Å². The van der Waals surface area contributed by atoms with Gasteiger partial charge in [0.1, 0.15) is 0 Å². The fourth-order valence-corrected chi connectivity index (χ4v) is 1.50. The number of hydrogen-bond acceptors (Lipinski definition) is 2. The Morgan fingerprint density at radius 1 is 0.900 bits per heavy atom. The van der Waals surface area contributed by atoms with Crippen molar-refractivity contribution in [2.75, 3.05) is 33.0 Å². The Bertz CT molecular complexity index is 1210. The van der Waals surface area contributed by atoms with Gasteiger partial charge in [-0.25, -0.2) is 0 Å². The van der Waals surface area contributed by atoms with Crippen LogP contribution in [0, 0.1) is 0 Å². The molecule has 20 heavy (non-hydrogen) atoms. The second kappa shape index (κ2) is 6.21. The first-order valence-corrected chi connectivity index (χ1v) is 5.57. The molecule has 0 unspecified atom stereocenters. The molecule has 1 aliphatic rings. The largest absolute Gasteiger partial charge is 0.304 e. The van der Waals surface area contributed by atoms with Gasteiger partial charge in [-0.3, -0.25) is 4.90 Å². The predicted molar refractivity (Wildman–Crippen MR) is 83.8 cm³/mol. The number of rotatable bonds is 3. The molecule has 1 saturated heterocycles. The van der Waals surface area contributed by atoms with Gasteiger partial charge in [0.25, 0.3) is 0 Å². The van der Waals surface area contributed by atoms with Crippen molar-refractivity contribution in [3.8, 4) is 0 Å². The molecule has 0 N–H and O–H groups in total. The van der Waals surface area contributed by atoms with Crippen molar-refractivity contribution in [2.45, 2.75) is 6.02 Å². The minimum atomic E-state index is -3.80. The van der Waals surface area contributed by atoms with Crippen LogP contribution >= 0.6 is 0 Å². The SMILES string of the molecule is [2H]c1c([2H])c([2H])c(C([2H])(c2c([2H])c([2H])c([2H])c([2H])c2[2H])N2C([2H])([2H])C([2H])([2H])N(C)C([2H])([2H])C2([2H])[2H])c([2H])c1[2H]. The zero-order chi connectivity index (χ0) is 30.6. The van der Waals surface area contributed by atoms with Crippen LogP contribution in [0.25, 0.3) is 0 Å². The van der Waals surface area contributed by atoms with E-state index in [-0.39, 0.29) is 4.90 Å². The maximum absolute atomic E-state index is 9.48. The second-order valence-corrected chi connectivity index (χ2v) is 3.69. The molecule has 0 bridgehead atoms. The molecule has 0 aliphatic carbocycles. The number of likely N-dealkylation sites (N-methyl/N-ethyl adjacent to an activating group) is 1. The van der Waals surface area contributed by atoms with E-state index >= 15 is 0 Å². The molecule has 3 rings (SSSR count). The van der Waals surface area contributed by atoms with Gasteiger partial charge in [0.05, 0.1) is 21.1 Å². The van der Waals surface area contributed by atoms with Gasteiger partial charge in [-0.15, -0.1) is 0 Å². The van der Waals surface area contributed by atoms with E-state index in [1.807, 2.05) is 0 Å². The molecule has 0 spiro atoms. The van der Waals surface area contributed by atoms with Crippen LogP contribution in [-0.4, -0.2) is 42.8 Å². The van der Waals surface area contributed by atoms with Crippen LogP contribution in [0.1, 0.15) is 43.2 Å². The van der Waals surface area contributed by atoms with Gasteiger partial charge in [0.2, 0.25) is 0 Å². The van der Waals surface area contributed by atoms with Crippen molar-refractivity contribution in [1.82, 2.24) is 9.80 Å². The Labute approximate surface area is 148 Å². The average molecular weight is 286 g/mol. The Kier molecular flexibility index (Phi) is 1.11. The lowest BCUT2D eigenvalue weighted by Crippen LogP contribution is -2.46. The Morgan fingerprint density at radius 3 is 1.80 bits per heavy atom. The number of benzene rings is 2. The lowest BCUT2D eigenvalue weighted by molar-refractivity contribution is 0.127. The molecular weight excluding hydrogens is 244 g/mol. The summed E-state index contributed by atoms with van der Waals surface area (Å²) in [6, 6.07) is -15.1. The average Bonchev–Trinajstić information content (AvgIpc) is 2.82. The molecule has 2 heteroatoms. The number of hydrogen-bond donors (Lipinski definition) is 0. The van der Waals surface area contributed by atoms with Crippen molar-refractivity contribution >= 4 is 0 Å². The highest BCUT2D eigenvalue weighted by Gasteiger charge is 2.24. The quantitative estimate of drug-likeness (QED) is 0.855. The summed E-state index contributed by atoms with van der Waals surface area (Å²) < 4.78 is 159. The highest BCUT2D eigenvalue weighted by molar-refractivity contribution is 5.31. The maximum Gasteiger partial charge on any atom is 0.0626 e. The smallest absolute Gasteiger partial charge is 0.0626 e. The van der Waals surface area contributed by atoms with E-state index in [0.717, 1.165) is 7.05 Å². The first kappa shape index (κ1) is 3.57. The van der Waals surface area contributed by atoms with Crippen molar-refractivity contribution in [3.05, 3.63) is 71.6 Å². The molecule has 104 valence electrons. The van der Waals surface area contributed by atoms with E-state index in [4.69, 9.17) is 24.7 Å². The zero-order valence-electron chi connectivity index (χ0n) is 29.4. The van der Waals surface area contributed by atoms with E-state index in [2.05, 4.69) is 0 Å². The molecule has 0 aromatic heterocycles. The van der Waals surface area contributed by atoms with Gasteiger partial charge in [0.15, 0.2) is 0 Å². The Morgan fingerprint density at radius 2 is 1.35 bits per heavy atom. The summed E-state index contributed by atoms with van der Waals surface area (Å²) in [7, 11) is 0.730. The van der Waals surface area contributed by atoms with Gasteiger partial charge in [-0.1, -0.05) is 60.4 Å². The molecule has 1 heterocycles. The molecule has 0 amide bonds. The molecule has 0 saturated carbocycles. The molecule has 1 fully saturated rings. The summed E-state index contributed by atoms with van der Waals surface area (Å²) in [6.45, 7) is -14.6. The lowest BCUT2D eigenvalue weighted by Gasteiger charge is -2.38. The molecule has 0 radical (unpaired) electrons. The summed E-state index contributed by atoms with van der Waals surface area (Å²) in [5.41, 5.74) is -2.56. The minimum absolute atomic E-state index is 0.0841. The van der Waals surface area contributed by atoms with Crippen LogP contribution in [0.2, 0.25) is 0 Å². The third-order valence-corrected chi connectivity index (χ3v) is 2.36. The van der Waals surface area contributed by atoms with Crippen molar-refractivity contribution in [1.29, 1.82) is 0 Å². The summed E-state index contributed by atoms with van der Waals surface area (Å²) in [5, 5.41) is 0. The standard InChI is InChI=1S/C18H22N2/c1-19-12-14-20(15-13-19)18(16-8-4-2-5-9-16)17-10-6-3-7-11-17/h2-11,18H,12-15H2,1H3/i2D,3D,4D,5D,6D,7D,8D,9D,10D,11D,12D2,13D2,14D2,15D2,18D. The van der Waals surface area contributed by atoms with Crippen LogP contribution in [-0.2, 0) is 0 Å². The van der Waals surface area contributed by atoms with Gasteiger partial charge in [0, 0.05) is 37.0 Å². The first-order valence-electron chi connectivity index (χ1n) is 15.1. The maximum atomic E-state index is 9.48. The fraction of sp³-hybridized carbons (Fsp3) is 0.333. The lowest BCUT2D eigenvalue weighted by atomic mass is 9.96. The fourth-order valence-electron chi connectivity index (χ4n) is 1.50. The van der Waals surface area contributed by atoms with E-state index in [0.29, 0.717) is 0 Å². The van der Waals surface area contributed by atoms with Gasteiger partial charge >= 0.3 is 0 Å². The molecule has 0 atom stereocenters. The number of nitrogens with zero attached hydrogens (tertiary/aromatic N) is 2. The van der Waals surface area contributed by atoms with E-state index in [9.17, 15) is 1.37 Å². The first-order chi connectivity index (χ1) is 17.4. The topological polar surface area (TPSA) is 6.48 Å². The molecule has 1 aliphatic heterocycles. The third kappa shape index (κ3) is 2.92. The van der Waals surface area contributed by atoms with Gasteiger partial charge < -0.3 is 4.90 Å². The van der Waals surface area contributed by atoms with E-state index in [1.54, 1.807) is 0 Å². The van der Waals surface area contributed by atoms with Crippen LogP contribution in [0.5, 0.6) is 0 Å². The monoisotopic (exact) mass is 285 g/mol. The van der Waals surface area contributed by atoms with E-state index < -0.39 is 108 Å². The van der Waals surface area contributed by atoms with Gasteiger partial charge in [-0.2, -0.15) is 0 Å². The van der Waals surface area contributed by atoms with Crippen LogP contribution < -0.4 is 0 Å². The van der Waals surface area contributed by atoms with Crippen LogP contribution in [0.3, 0.4) is 0 Å². The molecule has 2 aromatic rings. The van der Waals surface area contributed by atoms with Crippen molar-refractivity contribution in [3.63, 3.8) is 0 Å². The highest BCUT2D eigenvalue weighted by Crippen LogP contribution is 2.29. The summed E-state index contributed by atoms with van der Waals surface area (Å²) >= 11 is 0. The van der Waals surface area contributed by atoms with Crippen molar-refractivity contribution in [2.24, 2.45) is 0 Å². The highest BCUT2D eigenvalue weighted by atomic mass is 15.3. The van der Waals surface area contributed by atoms with E-state index in [1.165, 1.54) is 0 Å². The minimum Gasteiger partial charge on any atom is -0.304 e. The molecule has 2 aromatic carbocycles. The second-order valence-electron chi connectivity index (χ2n) is 3.69. The zero-order valence-corrected chi connectivity index (χ0v) is 10.4. The Hall–Kier alpha value is -1.64. The number of piperazine rings is 1. The normalized spacial score (nSPS) is 41.8. The van der Waals surface area contributed by atoms with Crippen LogP contribution in [0.15, 0.2) is 60.4 Å². The summed E-state index contributed by atoms with van der Waals surface area (Å²) in [4.78, 5) is -0.310. The van der Waals surface area contributed by atoms with Crippen molar-refractivity contribution < 1.29 is 26.0 Å². The van der Waals surface area contributed by atoms with Crippen LogP contribution in [0.4, 0.5) is 0 Å².